The van der Waals surface area contributed by atoms with Crippen molar-refractivity contribution in [3.63, 3.8) is 0 Å². The lowest BCUT2D eigenvalue weighted by molar-refractivity contribution is 0.859. The summed E-state index contributed by atoms with van der Waals surface area (Å²) < 4.78 is 0. The molecule has 3 aromatic rings. The van der Waals surface area contributed by atoms with E-state index in [9.17, 15) is 0 Å². The first kappa shape index (κ1) is 24.2. The summed E-state index contributed by atoms with van der Waals surface area (Å²) in [5.74, 6) is 0.0974. The van der Waals surface area contributed by atoms with Crippen LogP contribution in [0.25, 0.3) is 0 Å². The molecule has 0 saturated carbocycles. The van der Waals surface area contributed by atoms with Crippen LogP contribution in [-0.4, -0.2) is 26.2 Å². The van der Waals surface area contributed by atoms with Crippen molar-refractivity contribution in [2.75, 3.05) is 36.0 Å². The van der Waals surface area contributed by atoms with Crippen molar-refractivity contribution in [2.45, 2.75) is 47.5 Å². The molecule has 32 heavy (non-hydrogen) atoms. The van der Waals surface area contributed by atoms with Crippen molar-refractivity contribution in [3.8, 4) is 0 Å². The molecule has 3 aromatic carbocycles. The zero-order valence-electron chi connectivity index (χ0n) is 20.5. The molecule has 0 atom stereocenters. The number of nitrogens with zero attached hydrogens (tertiary/aromatic N) is 2. The third kappa shape index (κ3) is 4.96. The molecular weight excluding hydrogens is 412 g/mol. The van der Waals surface area contributed by atoms with Gasteiger partial charge in [0, 0.05) is 48.5 Å². The highest BCUT2D eigenvalue weighted by Gasteiger charge is 2.23. The van der Waals surface area contributed by atoms with E-state index >= 15 is 0 Å². The van der Waals surface area contributed by atoms with Crippen LogP contribution in [0.2, 0.25) is 5.02 Å². The molecule has 0 N–H and O–H groups in total. The van der Waals surface area contributed by atoms with Crippen LogP contribution >= 0.6 is 11.6 Å². The average Bonchev–Trinajstić information content (AvgIpc) is 2.79. The highest BCUT2D eigenvalue weighted by atomic mass is 35.5. The number of aryl methyl sites for hydroxylation is 2. The van der Waals surface area contributed by atoms with Gasteiger partial charge in [0.2, 0.25) is 0 Å². The van der Waals surface area contributed by atoms with Gasteiger partial charge < -0.3 is 9.80 Å². The molecule has 0 bridgehead atoms. The Morgan fingerprint density at radius 2 is 1.06 bits per heavy atom. The summed E-state index contributed by atoms with van der Waals surface area (Å²) in [6.45, 7) is 17.3. The summed E-state index contributed by atoms with van der Waals surface area (Å²) in [6.07, 6.45) is 0. The average molecular weight is 449 g/mol. The van der Waals surface area contributed by atoms with Crippen LogP contribution in [0.1, 0.15) is 61.4 Å². The van der Waals surface area contributed by atoms with E-state index < -0.39 is 0 Å². The smallest absolute Gasteiger partial charge is 0.0447 e. The number of hydrogen-bond acceptors (Lipinski definition) is 2. The van der Waals surface area contributed by atoms with Crippen molar-refractivity contribution >= 4 is 23.0 Å². The Hall–Kier alpha value is -2.45. The molecule has 0 aliphatic rings. The molecule has 3 heteroatoms. The number of hydrogen-bond donors (Lipinski definition) is 0. The van der Waals surface area contributed by atoms with Gasteiger partial charge in [-0.3, -0.25) is 0 Å². The number of rotatable bonds is 9. The maximum atomic E-state index is 6.76. The first-order valence-corrected chi connectivity index (χ1v) is 12.3. The molecule has 0 amide bonds. The van der Waals surface area contributed by atoms with Crippen molar-refractivity contribution in [2.24, 2.45) is 0 Å². The largest absolute Gasteiger partial charge is 0.372 e. The van der Waals surface area contributed by atoms with E-state index in [0.29, 0.717) is 0 Å². The van der Waals surface area contributed by atoms with E-state index in [1.54, 1.807) is 0 Å². The molecule has 0 unspecified atom stereocenters. The normalized spacial score (nSPS) is 11.1. The molecule has 3 rings (SSSR count). The Kier molecular flexibility index (Phi) is 8.26. The second-order valence-corrected chi connectivity index (χ2v) is 8.79. The number of anilines is 2. The predicted molar refractivity (Wildman–Crippen MR) is 142 cm³/mol. The highest BCUT2D eigenvalue weighted by Crippen LogP contribution is 2.40. The molecule has 2 nitrogen and oxygen atoms in total. The standard InChI is InChI=1S/C29H37ClN2/c1-7-31(8-2)23-15-17-25(21(5)19-23)29(27-13-11-12-14-28(27)30)26-18-16-24(20-22(26)6)32(9-3)10-4/h11-20,29H,7-10H2,1-6H3. The lowest BCUT2D eigenvalue weighted by Crippen LogP contribution is -2.22. The Labute approximate surface area is 199 Å². The maximum Gasteiger partial charge on any atom is 0.0447 e. The van der Waals surface area contributed by atoms with E-state index in [1.807, 2.05) is 12.1 Å². The van der Waals surface area contributed by atoms with Gasteiger partial charge in [0.25, 0.3) is 0 Å². The Balaban J connectivity index is 2.16. The van der Waals surface area contributed by atoms with Crippen LogP contribution in [0.5, 0.6) is 0 Å². The summed E-state index contributed by atoms with van der Waals surface area (Å²) in [4.78, 5) is 4.79. The minimum atomic E-state index is 0.0974. The molecule has 0 radical (unpaired) electrons. The Morgan fingerprint density at radius 1 is 0.625 bits per heavy atom. The summed E-state index contributed by atoms with van der Waals surface area (Å²) in [5, 5.41) is 0.817. The molecule has 0 spiro atoms. The summed E-state index contributed by atoms with van der Waals surface area (Å²) in [7, 11) is 0. The second-order valence-electron chi connectivity index (χ2n) is 8.38. The van der Waals surface area contributed by atoms with Gasteiger partial charge in [0.05, 0.1) is 0 Å². The zero-order valence-corrected chi connectivity index (χ0v) is 21.2. The molecular formula is C29H37ClN2. The first-order chi connectivity index (χ1) is 15.4. The zero-order chi connectivity index (χ0) is 23.3. The van der Waals surface area contributed by atoms with Crippen LogP contribution in [0.4, 0.5) is 11.4 Å². The van der Waals surface area contributed by atoms with Gasteiger partial charge in [-0.05, 0) is 99.7 Å². The lowest BCUT2D eigenvalue weighted by atomic mass is 9.81. The third-order valence-electron chi connectivity index (χ3n) is 6.60. The van der Waals surface area contributed by atoms with Crippen molar-refractivity contribution in [1.29, 1.82) is 0 Å². The van der Waals surface area contributed by atoms with Gasteiger partial charge in [-0.1, -0.05) is 41.9 Å². The van der Waals surface area contributed by atoms with Crippen LogP contribution in [-0.2, 0) is 0 Å². The fraction of sp³-hybridized carbons (Fsp3) is 0.379. The topological polar surface area (TPSA) is 6.48 Å². The molecule has 0 aliphatic carbocycles. The minimum absolute atomic E-state index is 0.0974. The molecule has 170 valence electrons. The number of halogens is 1. The van der Waals surface area contributed by atoms with Gasteiger partial charge in [-0.2, -0.15) is 0 Å². The monoisotopic (exact) mass is 448 g/mol. The highest BCUT2D eigenvalue weighted by molar-refractivity contribution is 6.31. The second kappa shape index (κ2) is 10.9. The molecule has 0 aliphatic heterocycles. The van der Waals surface area contributed by atoms with Crippen LogP contribution in [0, 0.1) is 13.8 Å². The SMILES string of the molecule is CCN(CC)c1ccc(C(c2ccc(N(CC)CC)cc2C)c2ccccc2Cl)c(C)c1. The predicted octanol–water partition coefficient (Wildman–Crippen LogP) is 7.83. The summed E-state index contributed by atoms with van der Waals surface area (Å²) >= 11 is 6.76. The van der Waals surface area contributed by atoms with Crippen molar-refractivity contribution in [1.82, 2.24) is 0 Å². The van der Waals surface area contributed by atoms with Gasteiger partial charge in [-0.15, -0.1) is 0 Å². The molecule has 0 heterocycles. The van der Waals surface area contributed by atoms with E-state index in [0.717, 1.165) is 36.8 Å². The van der Waals surface area contributed by atoms with E-state index in [4.69, 9.17) is 11.6 Å². The van der Waals surface area contributed by atoms with E-state index in [-0.39, 0.29) is 5.92 Å². The maximum absolute atomic E-state index is 6.76. The van der Waals surface area contributed by atoms with Crippen LogP contribution in [0.3, 0.4) is 0 Å². The Morgan fingerprint density at radius 3 is 1.44 bits per heavy atom. The van der Waals surface area contributed by atoms with E-state index in [2.05, 4.69) is 99.9 Å². The Bertz CT molecular complexity index is 974. The van der Waals surface area contributed by atoms with Crippen molar-refractivity contribution < 1.29 is 0 Å². The minimum Gasteiger partial charge on any atom is -0.372 e. The van der Waals surface area contributed by atoms with Crippen LogP contribution < -0.4 is 9.80 Å². The fourth-order valence-electron chi connectivity index (χ4n) is 4.75. The first-order valence-electron chi connectivity index (χ1n) is 11.9. The van der Waals surface area contributed by atoms with Gasteiger partial charge >= 0.3 is 0 Å². The lowest BCUT2D eigenvalue weighted by Gasteiger charge is -2.28. The van der Waals surface area contributed by atoms with Gasteiger partial charge in [0.15, 0.2) is 0 Å². The molecule has 0 fully saturated rings. The number of benzene rings is 3. The third-order valence-corrected chi connectivity index (χ3v) is 6.95. The summed E-state index contributed by atoms with van der Waals surface area (Å²) in [5.41, 5.74) is 8.94. The van der Waals surface area contributed by atoms with Crippen LogP contribution in [0.15, 0.2) is 60.7 Å². The van der Waals surface area contributed by atoms with Gasteiger partial charge in [-0.25, -0.2) is 0 Å². The quantitative estimate of drug-likeness (QED) is 0.307. The van der Waals surface area contributed by atoms with Gasteiger partial charge in [0.1, 0.15) is 0 Å². The fourth-order valence-corrected chi connectivity index (χ4v) is 5.00. The molecule has 0 saturated heterocycles. The summed E-state index contributed by atoms with van der Waals surface area (Å²) in [6, 6.07) is 22.0. The molecule has 0 aromatic heterocycles. The van der Waals surface area contributed by atoms with E-state index in [1.165, 1.54) is 33.6 Å². The van der Waals surface area contributed by atoms with Crippen molar-refractivity contribution in [3.05, 3.63) is 93.5 Å².